The number of para-hydroxylation sites is 1. The van der Waals surface area contributed by atoms with Gasteiger partial charge >= 0.3 is 12.3 Å². The van der Waals surface area contributed by atoms with Crippen LogP contribution in [0, 0.1) is 5.92 Å². The fraction of sp³-hybridized carbons (Fsp3) is 0.529. The van der Waals surface area contributed by atoms with E-state index in [2.05, 4.69) is 26.0 Å². The largest absolute Gasteiger partial charge is 0.491 e. The average molecular weight is 704 g/mol. The van der Waals surface area contributed by atoms with Gasteiger partial charge in [-0.3, -0.25) is 19.3 Å². The lowest BCUT2D eigenvalue weighted by molar-refractivity contribution is -0.137. The van der Waals surface area contributed by atoms with Crippen molar-refractivity contribution in [3.63, 3.8) is 0 Å². The third-order valence-electron chi connectivity index (χ3n) is 7.68. The van der Waals surface area contributed by atoms with Gasteiger partial charge in [0.1, 0.15) is 36.1 Å². The molecule has 1 aliphatic rings. The number of amides is 4. The molecule has 16 heteroatoms. The minimum Gasteiger partial charge on any atom is -0.491 e. The molecule has 0 unspecified atom stereocenters. The van der Waals surface area contributed by atoms with Crippen molar-refractivity contribution in [2.45, 2.75) is 83.8 Å². The number of ether oxygens (including phenoxy) is 2. The summed E-state index contributed by atoms with van der Waals surface area (Å²) in [5.41, 5.74) is 7.84. The second-order valence-electron chi connectivity index (χ2n) is 13.1. The molecule has 0 fully saturated rings. The fourth-order valence-electron chi connectivity index (χ4n) is 5.21. The highest BCUT2D eigenvalue weighted by Gasteiger charge is 2.37. The van der Waals surface area contributed by atoms with E-state index in [1.807, 2.05) is 12.1 Å². The van der Waals surface area contributed by atoms with Crippen molar-refractivity contribution < 1.29 is 41.8 Å². The molecule has 3 atom stereocenters. The number of rotatable bonds is 5. The molecule has 0 saturated carbocycles. The molecule has 13 nitrogen and oxygen atoms in total. The SMILES string of the molecule is CC(C)[C@H]1NC(=O)[C@H](Cc2cccc(C(F)(F)F)c2)N(C(=O)OC(C)(C)C)CCOc2ccccc2CCCNC(=O)[C@H](CN=[N+]=[N-])NC1=O. The summed E-state index contributed by atoms with van der Waals surface area (Å²) in [6, 6.07) is 7.52. The standard InChI is InChI=1S/C34H44F3N7O6/c1-21(2)28-31(47)41-25(20-40-43-38)29(45)39-15-9-12-23-11-6-7-14-27(23)49-17-16-44(32(48)50-33(3,4)5)26(30(46)42-28)19-22-10-8-13-24(18-22)34(35,36)37/h6-8,10-11,13-14,18,21,25-26,28H,9,12,15-17,19-20H2,1-5H3,(H,39,45)(H,41,47)(H,42,46)/t25-,26-,28+/m0/s1. The van der Waals surface area contributed by atoms with Crippen molar-refractivity contribution >= 4 is 23.8 Å². The molecule has 2 aromatic rings. The molecule has 3 rings (SSSR count). The van der Waals surface area contributed by atoms with Crippen LogP contribution in [-0.4, -0.2) is 78.7 Å². The lowest BCUT2D eigenvalue weighted by Crippen LogP contribution is -2.60. The molecule has 4 amide bonds. The first kappa shape index (κ1) is 39.5. The Labute approximate surface area is 288 Å². The summed E-state index contributed by atoms with van der Waals surface area (Å²) in [6.07, 6.45) is -4.99. The van der Waals surface area contributed by atoms with Crippen molar-refractivity contribution in [3.8, 4) is 5.75 Å². The fourth-order valence-corrected chi connectivity index (χ4v) is 5.21. The summed E-state index contributed by atoms with van der Waals surface area (Å²) in [7, 11) is 0. The predicted molar refractivity (Wildman–Crippen MR) is 178 cm³/mol. The lowest BCUT2D eigenvalue weighted by Gasteiger charge is -2.34. The second-order valence-corrected chi connectivity index (χ2v) is 13.1. The minimum absolute atomic E-state index is 0.0959. The van der Waals surface area contributed by atoms with E-state index in [4.69, 9.17) is 15.0 Å². The number of fused-ring (bicyclic) bond motifs is 1. The van der Waals surface area contributed by atoms with Crippen LogP contribution in [0.3, 0.4) is 0 Å². The maximum Gasteiger partial charge on any atom is 0.416 e. The Kier molecular flexibility index (Phi) is 13.9. The van der Waals surface area contributed by atoms with E-state index >= 15 is 0 Å². The number of alkyl halides is 3. The zero-order valence-corrected chi connectivity index (χ0v) is 28.8. The van der Waals surface area contributed by atoms with Crippen LogP contribution in [0.5, 0.6) is 5.75 Å². The Bertz CT molecular complexity index is 1560. The van der Waals surface area contributed by atoms with Gasteiger partial charge in [-0.2, -0.15) is 13.2 Å². The number of carbonyl (C=O) groups is 4. The van der Waals surface area contributed by atoms with Crippen LogP contribution < -0.4 is 20.7 Å². The van der Waals surface area contributed by atoms with Gasteiger partial charge in [0.05, 0.1) is 18.7 Å². The van der Waals surface area contributed by atoms with E-state index in [-0.39, 0.29) is 31.7 Å². The first-order valence-electron chi connectivity index (χ1n) is 16.3. The van der Waals surface area contributed by atoms with Crippen LogP contribution in [0.2, 0.25) is 0 Å². The Balaban J connectivity index is 2.12. The van der Waals surface area contributed by atoms with Crippen molar-refractivity contribution in [1.29, 1.82) is 0 Å². The smallest absolute Gasteiger partial charge is 0.416 e. The van der Waals surface area contributed by atoms with Gasteiger partial charge in [-0.25, -0.2) is 4.79 Å². The number of aryl methyl sites for hydroxylation is 1. The number of nitrogens with one attached hydrogen (secondary N) is 3. The molecule has 1 heterocycles. The van der Waals surface area contributed by atoms with Gasteiger partial charge in [0, 0.05) is 17.9 Å². The number of halogens is 3. The summed E-state index contributed by atoms with van der Waals surface area (Å²) < 4.78 is 52.7. The summed E-state index contributed by atoms with van der Waals surface area (Å²) >= 11 is 0. The first-order valence-corrected chi connectivity index (χ1v) is 16.3. The third kappa shape index (κ3) is 11.9. The Morgan fingerprint density at radius 2 is 1.78 bits per heavy atom. The van der Waals surface area contributed by atoms with Gasteiger partial charge in [-0.1, -0.05) is 55.4 Å². The van der Waals surface area contributed by atoms with E-state index in [9.17, 15) is 32.3 Å². The van der Waals surface area contributed by atoms with Gasteiger partial charge in [0.2, 0.25) is 17.7 Å². The van der Waals surface area contributed by atoms with Crippen LogP contribution in [0.4, 0.5) is 18.0 Å². The van der Waals surface area contributed by atoms with Gasteiger partial charge in [-0.15, -0.1) is 0 Å². The van der Waals surface area contributed by atoms with E-state index in [0.717, 1.165) is 22.6 Å². The molecule has 0 aliphatic carbocycles. The predicted octanol–water partition coefficient (Wildman–Crippen LogP) is 4.93. The Hall–Kier alpha value is -4.98. The van der Waals surface area contributed by atoms with Crippen LogP contribution in [-0.2, 0) is 38.1 Å². The average Bonchev–Trinajstić information content (AvgIpc) is 3.03. The van der Waals surface area contributed by atoms with Gasteiger partial charge in [-0.05, 0) is 68.3 Å². The molecule has 3 N–H and O–H groups in total. The van der Waals surface area contributed by atoms with E-state index in [0.29, 0.717) is 18.6 Å². The molecule has 0 bridgehead atoms. The molecule has 0 saturated heterocycles. The summed E-state index contributed by atoms with van der Waals surface area (Å²) in [5, 5.41) is 11.4. The highest BCUT2D eigenvalue weighted by molar-refractivity contribution is 5.94. The van der Waals surface area contributed by atoms with Crippen molar-refractivity contribution in [1.82, 2.24) is 20.9 Å². The number of carbonyl (C=O) groups excluding carboxylic acids is 4. The van der Waals surface area contributed by atoms with Crippen molar-refractivity contribution in [3.05, 3.63) is 75.7 Å². The first-order chi connectivity index (χ1) is 23.5. The topological polar surface area (TPSA) is 175 Å². The summed E-state index contributed by atoms with van der Waals surface area (Å²) in [5.74, 6) is -2.31. The molecule has 0 spiro atoms. The van der Waals surface area contributed by atoms with Gasteiger partial charge in [0.25, 0.3) is 0 Å². The number of benzene rings is 2. The van der Waals surface area contributed by atoms with Crippen molar-refractivity contribution in [2.24, 2.45) is 11.0 Å². The van der Waals surface area contributed by atoms with E-state index < -0.39 is 71.7 Å². The highest BCUT2D eigenvalue weighted by atomic mass is 19.4. The van der Waals surface area contributed by atoms with Gasteiger partial charge < -0.3 is 25.4 Å². The minimum atomic E-state index is -4.67. The second kappa shape index (κ2) is 17.6. The molecular weight excluding hydrogens is 659 g/mol. The molecular formula is C34H44F3N7O6. The van der Waals surface area contributed by atoms with E-state index in [1.54, 1.807) is 46.8 Å². The van der Waals surface area contributed by atoms with Crippen LogP contribution in [0.1, 0.15) is 57.7 Å². The van der Waals surface area contributed by atoms with Crippen molar-refractivity contribution in [2.75, 3.05) is 26.2 Å². The Morgan fingerprint density at radius 1 is 1.06 bits per heavy atom. The molecule has 50 heavy (non-hydrogen) atoms. The summed E-state index contributed by atoms with van der Waals surface area (Å²) in [6.45, 7) is 7.66. The number of hydrogen-bond acceptors (Lipinski definition) is 7. The van der Waals surface area contributed by atoms with Gasteiger partial charge in [0.15, 0.2) is 0 Å². The maximum atomic E-state index is 14.2. The molecule has 0 aromatic heterocycles. The Morgan fingerprint density at radius 3 is 2.44 bits per heavy atom. The zero-order chi connectivity index (χ0) is 37.1. The monoisotopic (exact) mass is 703 g/mol. The van der Waals surface area contributed by atoms with Crippen LogP contribution in [0.25, 0.3) is 10.4 Å². The van der Waals surface area contributed by atoms with Crippen LogP contribution in [0.15, 0.2) is 53.6 Å². The number of hydrogen-bond donors (Lipinski definition) is 3. The third-order valence-corrected chi connectivity index (χ3v) is 7.68. The quantitative estimate of drug-likeness (QED) is 0.226. The molecule has 272 valence electrons. The maximum absolute atomic E-state index is 14.2. The number of nitrogens with zero attached hydrogens (tertiary/aromatic N) is 4. The highest BCUT2D eigenvalue weighted by Crippen LogP contribution is 2.30. The summed E-state index contributed by atoms with van der Waals surface area (Å²) in [4.78, 5) is 58.4. The molecule has 2 aromatic carbocycles. The lowest BCUT2D eigenvalue weighted by atomic mass is 9.99. The molecule has 0 radical (unpaired) electrons. The molecule has 1 aliphatic heterocycles. The van der Waals surface area contributed by atoms with E-state index in [1.165, 1.54) is 12.1 Å². The normalized spacial score (nSPS) is 20.1. The zero-order valence-electron chi connectivity index (χ0n) is 28.8. The number of azide groups is 1. The van der Waals surface area contributed by atoms with Crippen LogP contribution >= 0.6 is 0 Å².